The zero-order chi connectivity index (χ0) is 22.9. The zero-order valence-electron chi connectivity index (χ0n) is 19.0. The average molecular weight is 432 g/mol. The quantitative estimate of drug-likeness (QED) is 0.560. The van der Waals surface area contributed by atoms with Gasteiger partial charge in [-0.15, -0.1) is 0 Å². The van der Waals surface area contributed by atoms with E-state index < -0.39 is 11.7 Å². The summed E-state index contributed by atoms with van der Waals surface area (Å²) in [7, 11) is 1.69. The molecule has 2 amide bonds. The number of rotatable bonds is 5. The van der Waals surface area contributed by atoms with Crippen LogP contribution in [-0.2, 0) is 11.3 Å². The SMILES string of the molecule is CN(Cc1ccccc1NC(=O)c1cc(C2CC2)nc2ccccc12)C(=O)OC(C)(C)C. The van der Waals surface area contributed by atoms with E-state index in [1.54, 1.807) is 7.05 Å². The van der Waals surface area contributed by atoms with Crippen LogP contribution in [0.2, 0.25) is 0 Å². The first kappa shape index (κ1) is 21.8. The summed E-state index contributed by atoms with van der Waals surface area (Å²) in [5.74, 6) is 0.263. The number of pyridine rings is 1. The number of carbonyl (C=O) groups excluding carboxylic acids is 2. The lowest BCUT2D eigenvalue weighted by atomic mass is 10.0. The van der Waals surface area contributed by atoms with E-state index >= 15 is 0 Å². The standard InChI is InChI=1S/C26H29N3O3/c1-26(2,3)32-25(31)29(4)16-18-9-5-7-11-21(18)28-24(30)20-15-23(17-13-14-17)27-22-12-8-6-10-19(20)22/h5-12,15,17H,13-14,16H2,1-4H3,(H,28,30). The van der Waals surface area contributed by atoms with Crippen molar-refractivity contribution in [1.82, 2.24) is 9.88 Å². The van der Waals surface area contributed by atoms with Gasteiger partial charge in [0, 0.05) is 29.7 Å². The predicted octanol–water partition coefficient (Wildman–Crippen LogP) is 5.73. The highest BCUT2D eigenvalue weighted by Crippen LogP contribution is 2.40. The van der Waals surface area contributed by atoms with Crippen molar-refractivity contribution in [1.29, 1.82) is 0 Å². The van der Waals surface area contributed by atoms with Gasteiger partial charge in [0.1, 0.15) is 5.60 Å². The lowest BCUT2D eigenvalue weighted by Gasteiger charge is -2.25. The van der Waals surface area contributed by atoms with E-state index in [1.807, 2.05) is 75.4 Å². The summed E-state index contributed by atoms with van der Waals surface area (Å²) in [5, 5.41) is 3.88. The first-order chi connectivity index (χ1) is 15.2. The molecule has 6 nitrogen and oxygen atoms in total. The van der Waals surface area contributed by atoms with Crippen LogP contribution in [0.5, 0.6) is 0 Å². The van der Waals surface area contributed by atoms with E-state index in [4.69, 9.17) is 9.72 Å². The van der Waals surface area contributed by atoms with Crippen molar-refractivity contribution in [3.05, 3.63) is 71.4 Å². The van der Waals surface area contributed by atoms with E-state index in [0.717, 1.165) is 35.0 Å². The molecule has 0 radical (unpaired) electrons. The van der Waals surface area contributed by atoms with Crippen molar-refractivity contribution in [3.63, 3.8) is 0 Å². The highest BCUT2D eigenvalue weighted by molar-refractivity contribution is 6.12. The molecule has 1 saturated carbocycles. The van der Waals surface area contributed by atoms with Crippen LogP contribution in [0, 0.1) is 0 Å². The molecule has 4 rings (SSSR count). The van der Waals surface area contributed by atoms with Crippen LogP contribution in [0.25, 0.3) is 10.9 Å². The molecule has 6 heteroatoms. The summed E-state index contributed by atoms with van der Waals surface area (Å²) in [5.41, 5.74) is 3.36. The minimum Gasteiger partial charge on any atom is -0.444 e. The van der Waals surface area contributed by atoms with E-state index in [2.05, 4.69) is 5.32 Å². The van der Waals surface area contributed by atoms with Crippen LogP contribution in [0.15, 0.2) is 54.6 Å². The molecule has 0 saturated heterocycles. The Bertz CT molecular complexity index is 1160. The number of hydrogen-bond donors (Lipinski definition) is 1. The fraction of sp³-hybridized carbons (Fsp3) is 0.346. The van der Waals surface area contributed by atoms with Crippen LogP contribution in [-0.4, -0.2) is 34.5 Å². The van der Waals surface area contributed by atoms with E-state index in [0.29, 0.717) is 23.7 Å². The Morgan fingerprint density at radius 2 is 1.78 bits per heavy atom. The van der Waals surface area contributed by atoms with E-state index in [9.17, 15) is 9.59 Å². The van der Waals surface area contributed by atoms with Gasteiger partial charge < -0.3 is 15.0 Å². The summed E-state index contributed by atoms with van der Waals surface area (Å²) in [6.45, 7) is 5.82. The van der Waals surface area contributed by atoms with Gasteiger partial charge in [-0.1, -0.05) is 36.4 Å². The molecule has 0 bridgehead atoms. The first-order valence-corrected chi connectivity index (χ1v) is 10.9. The van der Waals surface area contributed by atoms with Crippen molar-refractivity contribution in [3.8, 4) is 0 Å². The molecule has 166 valence electrons. The third-order valence-electron chi connectivity index (χ3n) is 5.35. The Morgan fingerprint density at radius 1 is 1.09 bits per heavy atom. The van der Waals surface area contributed by atoms with Crippen molar-refractivity contribution in [2.75, 3.05) is 12.4 Å². The molecule has 0 atom stereocenters. The molecule has 1 fully saturated rings. The number of amides is 2. The number of anilines is 1. The zero-order valence-corrected chi connectivity index (χ0v) is 19.0. The fourth-order valence-corrected chi connectivity index (χ4v) is 3.60. The second-order valence-electron chi connectivity index (χ2n) is 9.33. The van der Waals surface area contributed by atoms with Crippen molar-refractivity contribution in [2.45, 2.75) is 51.7 Å². The van der Waals surface area contributed by atoms with Crippen molar-refractivity contribution >= 4 is 28.6 Å². The number of carbonyl (C=O) groups is 2. The molecule has 3 aromatic rings. The maximum absolute atomic E-state index is 13.3. The lowest BCUT2D eigenvalue weighted by molar-refractivity contribution is 0.0285. The minimum absolute atomic E-state index is 0.183. The highest BCUT2D eigenvalue weighted by atomic mass is 16.6. The third-order valence-corrected chi connectivity index (χ3v) is 5.35. The summed E-state index contributed by atoms with van der Waals surface area (Å²) < 4.78 is 5.44. The Balaban J connectivity index is 1.58. The Labute approximate surface area is 188 Å². The fourth-order valence-electron chi connectivity index (χ4n) is 3.60. The van der Waals surface area contributed by atoms with Gasteiger partial charge in [-0.2, -0.15) is 0 Å². The number of aromatic nitrogens is 1. The topological polar surface area (TPSA) is 71.5 Å². The van der Waals surface area contributed by atoms with Crippen LogP contribution < -0.4 is 5.32 Å². The number of nitrogens with zero attached hydrogens (tertiary/aromatic N) is 2. The monoisotopic (exact) mass is 431 g/mol. The van der Waals surface area contributed by atoms with E-state index in [-0.39, 0.29) is 5.91 Å². The molecule has 0 unspecified atom stereocenters. The third kappa shape index (κ3) is 5.07. The molecule has 1 N–H and O–H groups in total. The molecule has 1 heterocycles. The molecule has 1 aliphatic carbocycles. The second kappa shape index (κ2) is 8.61. The maximum Gasteiger partial charge on any atom is 0.410 e. The number of nitrogens with one attached hydrogen (secondary N) is 1. The van der Waals surface area contributed by atoms with Crippen LogP contribution >= 0.6 is 0 Å². The summed E-state index contributed by atoms with van der Waals surface area (Å²) in [6.07, 6.45) is 1.83. The molecule has 0 spiro atoms. The number of para-hydroxylation sites is 2. The number of fused-ring (bicyclic) bond motifs is 1. The number of hydrogen-bond acceptors (Lipinski definition) is 4. The van der Waals surface area contributed by atoms with Gasteiger partial charge in [-0.25, -0.2) is 4.79 Å². The van der Waals surface area contributed by atoms with Gasteiger partial charge in [0.05, 0.1) is 17.6 Å². The van der Waals surface area contributed by atoms with Crippen molar-refractivity contribution in [2.24, 2.45) is 0 Å². The second-order valence-corrected chi connectivity index (χ2v) is 9.33. The summed E-state index contributed by atoms with van der Waals surface area (Å²) >= 11 is 0. The molecule has 32 heavy (non-hydrogen) atoms. The van der Waals surface area contributed by atoms with Crippen LogP contribution in [0.4, 0.5) is 10.5 Å². The van der Waals surface area contributed by atoms with Crippen molar-refractivity contribution < 1.29 is 14.3 Å². The lowest BCUT2D eigenvalue weighted by Crippen LogP contribution is -2.34. The van der Waals surface area contributed by atoms with Crippen LogP contribution in [0.3, 0.4) is 0 Å². The van der Waals surface area contributed by atoms with Gasteiger partial charge in [0.15, 0.2) is 0 Å². The highest BCUT2D eigenvalue weighted by Gasteiger charge is 2.27. The van der Waals surface area contributed by atoms with Gasteiger partial charge in [0.25, 0.3) is 5.91 Å². The maximum atomic E-state index is 13.3. The van der Waals surface area contributed by atoms with Gasteiger partial charge in [0.2, 0.25) is 0 Å². The Morgan fingerprint density at radius 3 is 2.50 bits per heavy atom. The first-order valence-electron chi connectivity index (χ1n) is 10.9. The summed E-state index contributed by atoms with van der Waals surface area (Å²) in [4.78, 5) is 32.0. The largest absolute Gasteiger partial charge is 0.444 e. The van der Waals surface area contributed by atoms with Gasteiger partial charge in [-0.05, 0) is 57.4 Å². The molecule has 2 aromatic carbocycles. The minimum atomic E-state index is -0.569. The smallest absolute Gasteiger partial charge is 0.410 e. The summed E-state index contributed by atoms with van der Waals surface area (Å²) in [6, 6.07) is 17.2. The Kier molecular flexibility index (Phi) is 5.87. The Hall–Kier alpha value is -3.41. The normalized spacial score (nSPS) is 13.6. The number of benzene rings is 2. The average Bonchev–Trinajstić information content (AvgIpc) is 3.58. The predicted molar refractivity (Wildman–Crippen MR) is 126 cm³/mol. The molecular formula is C26H29N3O3. The molecule has 1 aliphatic rings. The van der Waals surface area contributed by atoms with Crippen LogP contribution in [0.1, 0.15) is 61.1 Å². The van der Waals surface area contributed by atoms with E-state index in [1.165, 1.54) is 4.90 Å². The molecule has 0 aliphatic heterocycles. The molecule has 1 aromatic heterocycles. The van der Waals surface area contributed by atoms with Gasteiger partial charge >= 0.3 is 6.09 Å². The van der Waals surface area contributed by atoms with Gasteiger partial charge in [-0.3, -0.25) is 9.78 Å². The number of ether oxygens (including phenoxy) is 1. The molecular weight excluding hydrogens is 402 g/mol.